The Balaban J connectivity index is 1.83. The van der Waals surface area contributed by atoms with Gasteiger partial charge < -0.3 is 0 Å². The average Bonchev–Trinajstić information content (AvgIpc) is 3.31. The van der Waals surface area contributed by atoms with Gasteiger partial charge in [-0.3, -0.25) is 0 Å². The SMILES string of the molecule is CCOc1ccc(N2CC3(O[C@H](COC(C)=O)[C@@H](OC(C)=O)[C@@H]3OC(C)=O)N(c3ccccc3)C2=[Se])cc1. The van der Waals surface area contributed by atoms with Crippen LogP contribution < -0.4 is 14.5 Å². The van der Waals surface area contributed by atoms with E-state index in [0.717, 1.165) is 17.1 Å². The quantitative estimate of drug-likeness (QED) is 0.259. The number of carbonyl (C=O) groups is 3. The van der Waals surface area contributed by atoms with Gasteiger partial charge in [0.1, 0.15) is 0 Å². The molecule has 2 heterocycles. The molecule has 2 aliphatic rings. The van der Waals surface area contributed by atoms with Crippen LogP contribution in [0.15, 0.2) is 54.6 Å². The third-order valence-electron chi connectivity index (χ3n) is 6.17. The van der Waals surface area contributed by atoms with Crippen LogP contribution in [0.3, 0.4) is 0 Å². The van der Waals surface area contributed by atoms with E-state index in [4.69, 9.17) is 23.7 Å². The molecule has 11 heteroatoms. The van der Waals surface area contributed by atoms with Crippen molar-refractivity contribution in [1.82, 2.24) is 0 Å². The second-order valence-corrected chi connectivity index (χ2v) is 9.64. The molecular weight excluding hydrogens is 559 g/mol. The van der Waals surface area contributed by atoms with Crippen LogP contribution in [0.1, 0.15) is 27.7 Å². The van der Waals surface area contributed by atoms with E-state index in [1.807, 2.05) is 71.3 Å². The molecule has 0 aliphatic carbocycles. The van der Waals surface area contributed by atoms with Crippen LogP contribution in [-0.2, 0) is 33.3 Å². The number of esters is 3. The number of rotatable bonds is 8. The van der Waals surface area contributed by atoms with Gasteiger partial charge in [0.15, 0.2) is 0 Å². The van der Waals surface area contributed by atoms with Gasteiger partial charge in [0.25, 0.3) is 0 Å². The molecule has 2 fully saturated rings. The maximum absolute atomic E-state index is 12.4. The molecule has 4 atom stereocenters. The van der Waals surface area contributed by atoms with Gasteiger partial charge in [0, 0.05) is 0 Å². The zero-order valence-electron chi connectivity index (χ0n) is 21.6. The van der Waals surface area contributed by atoms with Gasteiger partial charge >= 0.3 is 229 Å². The van der Waals surface area contributed by atoms with Crippen LogP contribution >= 0.6 is 0 Å². The van der Waals surface area contributed by atoms with Crippen molar-refractivity contribution in [2.45, 2.75) is 51.7 Å². The van der Waals surface area contributed by atoms with E-state index in [1.54, 1.807) is 0 Å². The van der Waals surface area contributed by atoms with Crippen LogP contribution in [0.5, 0.6) is 5.75 Å². The number of hydrogen-bond acceptors (Lipinski definition) is 10. The fourth-order valence-corrected chi connectivity index (χ4v) is 5.70. The number of ether oxygens (including phenoxy) is 5. The number of nitrogens with zero attached hydrogens (tertiary/aromatic N) is 2. The second kappa shape index (κ2) is 11.6. The van der Waals surface area contributed by atoms with E-state index < -0.39 is 41.9 Å². The molecule has 2 aliphatic heterocycles. The van der Waals surface area contributed by atoms with E-state index in [1.165, 1.54) is 20.8 Å². The number of hydrogen-bond donors (Lipinski definition) is 0. The Hall–Kier alpha value is -3.40. The monoisotopic (exact) mass is 590 g/mol. The minimum absolute atomic E-state index is 0.193. The number of carbonyl (C=O) groups excluding carboxylic acids is 3. The van der Waals surface area contributed by atoms with Crippen molar-refractivity contribution in [1.29, 1.82) is 0 Å². The fourth-order valence-electron chi connectivity index (χ4n) is 4.79. The maximum atomic E-state index is 12.4. The number of benzene rings is 2. The summed E-state index contributed by atoms with van der Waals surface area (Å²) in [5.41, 5.74) is 0.246. The van der Waals surface area contributed by atoms with Crippen molar-refractivity contribution in [2.24, 2.45) is 0 Å². The molecule has 2 aromatic rings. The van der Waals surface area contributed by atoms with Crippen molar-refractivity contribution in [3.05, 3.63) is 54.6 Å². The molecule has 0 amide bonds. The first-order valence-corrected chi connectivity index (χ1v) is 13.1. The topological polar surface area (TPSA) is 104 Å². The molecule has 0 aromatic heterocycles. The van der Waals surface area contributed by atoms with Gasteiger partial charge in [-0.2, -0.15) is 0 Å². The van der Waals surface area contributed by atoms with Crippen LogP contribution in [0.4, 0.5) is 11.4 Å². The predicted molar refractivity (Wildman–Crippen MR) is 140 cm³/mol. The van der Waals surface area contributed by atoms with Crippen LogP contribution in [0, 0.1) is 0 Å². The number of para-hydroxylation sites is 1. The summed E-state index contributed by atoms with van der Waals surface area (Å²) in [6.07, 6.45) is -2.98. The molecule has 2 aromatic carbocycles. The zero-order chi connectivity index (χ0) is 27.4. The summed E-state index contributed by atoms with van der Waals surface area (Å²) < 4.78 is 29.6. The molecule has 0 bridgehead atoms. The Morgan fingerprint density at radius 3 is 2.18 bits per heavy atom. The van der Waals surface area contributed by atoms with E-state index in [2.05, 4.69) is 15.6 Å². The third-order valence-corrected chi connectivity index (χ3v) is 7.02. The van der Waals surface area contributed by atoms with Gasteiger partial charge in [-0.25, -0.2) is 0 Å². The molecule has 4 rings (SSSR count). The van der Waals surface area contributed by atoms with E-state index in [-0.39, 0.29) is 13.2 Å². The first kappa shape index (κ1) is 27.6. The summed E-state index contributed by atoms with van der Waals surface area (Å²) in [6.45, 7) is 6.30. The van der Waals surface area contributed by atoms with Crippen molar-refractivity contribution in [2.75, 3.05) is 29.6 Å². The Bertz CT molecular complexity index is 1190. The molecular formula is C27H30N2O8Se. The first-order valence-electron chi connectivity index (χ1n) is 12.2. The standard InChI is InChI=1S/C27H30N2O8Se/c1-5-33-22-13-11-20(12-14-22)28-16-27(29(26(28)38)21-9-7-6-8-10-21)25(36-19(4)32)24(35-18(3)31)23(37-27)15-34-17(2)30/h6-14,23-25H,5,15-16H2,1-4H3/t23-,24-,25+,27?/m1/s1. The average molecular weight is 590 g/mol. The Morgan fingerprint density at radius 1 is 0.947 bits per heavy atom. The first-order chi connectivity index (χ1) is 18.2. The summed E-state index contributed by atoms with van der Waals surface area (Å²) in [5, 5.41) is 0. The van der Waals surface area contributed by atoms with E-state index in [9.17, 15) is 14.4 Å². The van der Waals surface area contributed by atoms with Gasteiger partial charge in [-0.05, 0) is 0 Å². The van der Waals surface area contributed by atoms with Gasteiger partial charge in [-0.1, -0.05) is 0 Å². The van der Waals surface area contributed by atoms with Crippen molar-refractivity contribution < 1.29 is 38.1 Å². The molecule has 10 nitrogen and oxygen atoms in total. The van der Waals surface area contributed by atoms with Gasteiger partial charge in [0.05, 0.1) is 0 Å². The van der Waals surface area contributed by atoms with Crippen molar-refractivity contribution in [3.63, 3.8) is 0 Å². The van der Waals surface area contributed by atoms with Crippen molar-refractivity contribution >= 4 is 49.5 Å². The summed E-state index contributed by atoms with van der Waals surface area (Å²) in [7, 11) is 0. The molecule has 38 heavy (non-hydrogen) atoms. The van der Waals surface area contributed by atoms with E-state index >= 15 is 0 Å². The second-order valence-electron chi connectivity index (χ2n) is 8.87. The minimum atomic E-state index is -1.34. The molecule has 0 radical (unpaired) electrons. The molecule has 1 spiro atoms. The molecule has 202 valence electrons. The predicted octanol–water partition coefficient (Wildman–Crippen LogP) is 2.19. The normalized spacial score (nSPS) is 24.4. The molecule has 1 unspecified atom stereocenters. The van der Waals surface area contributed by atoms with Crippen LogP contribution in [-0.4, -0.2) is 81.9 Å². The fraction of sp³-hybridized carbons (Fsp3) is 0.407. The van der Waals surface area contributed by atoms with Crippen LogP contribution in [0.2, 0.25) is 0 Å². The Kier molecular flexibility index (Phi) is 8.40. The summed E-state index contributed by atoms with van der Waals surface area (Å²) in [6, 6.07) is 17.0. The Labute approximate surface area is 229 Å². The zero-order valence-corrected chi connectivity index (χ0v) is 23.3. The van der Waals surface area contributed by atoms with Gasteiger partial charge in [0.2, 0.25) is 0 Å². The third kappa shape index (κ3) is 5.55. The molecule has 0 saturated carbocycles. The molecule has 2 saturated heterocycles. The van der Waals surface area contributed by atoms with Gasteiger partial charge in [-0.15, -0.1) is 0 Å². The summed E-state index contributed by atoms with van der Waals surface area (Å²) in [5.74, 6) is -0.936. The van der Waals surface area contributed by atoms with Crippen molar-refractivity contribution in [3.8, 4) is 5.75 Å². The Morgan fingerprint density at radius 2 is 1.61 bits per heavy atom. The van der Waals surface area contributed by atoms with E-state index in [0.29, 0.717) is 11.3 Å². The molecule has 0 N–H and O–H groups in total. The summed E-state index contributed by atoms with van der Waals surface area (Å²) in [4.78, 5) is 40.0. The summed E-state index contributed by atoms with van der Waals surface area (Å²) >= 11 is 3.15. The van der Waals surface area contributed by atoms with Crippen LogP contribution in [0.25, 0.3) is 0 Å². The number of anilines is 2.